The van der Waals surface area contributed by atoms with Gasteiger partial charge in [-0.2, -0.15) is 0 Å². The molecule has 0 saturated carbocycles. The van der Waals surface area contributed by atoms with E-state index < -0.39 is 23.4 Å². The summed E-state index contributed by atoms with van der Waals surface area (Å²) in [5, 5.41) is 5.38. The molecule has 0 atom stereocenters. The monoisotopic (exact) mass is 430 g/mol. The molecule has 0 unspecified atom stereocenters. The van der Waals surface area contributed by atoms with E-state index in [1.54, 1.807) is 20.8 Å². The molecule has 2 amide bonds. The first kappa shape index (κ1) is 24.2. The van der Waals surface area contributed by atoms with Gasteiger partial charge in [-0.3, -0.25) is 4.79 Å². The molecule has 31 heavy (non-hydrogen) atoms. The molecule has 6 nitrogen and oxygen atoms in total. The van der Waals surface area contributed by atoms with Crippen LogP contribution in [0.5, 0.6) is 5.75 Å². The number of nitrogens with one attached hydrogen (secondary N) is 2. The van der Waals surface area contributed by atoms with Crippen LogP contribution in [0.2, 0.25) is 0 Å². The molecule has 2 rings (SSSR count). The maximum atomic E-state index is 13.8. The summed E-state index contributed by atoms with van der Waals surface area (Å²) in [6.07, 6.45) is -0.608. The van der Waals surface area contributed by atoms with Gasteiger partial charge >= 0.3 is 6.09 Å². The molecule has 0 spiro atoms. The number of carbonyl (C=O) groups excluding carboxylic acids is 2. The van der Waals surface area contributed by atoms with Crippen molar-refractivity contribution >= 4 is 12.0 Å². The van der Waals surface area contributed by atoms with E-state index >= 15 is 0 Å². The van der Waals surface area contributed by atoms with E-state index in [1.807, 2.05) is 24.3 Å². The normalized spacial score (nSPS) is 11.2. The van der Waals surface area contributed by atoms with Crippen molar-refractivity contribution in [2.24, 2.45) is 5.92 Å². The summed E-state index contributed by atoms with van der Waals surface area (Å²) in [7, 11) is 0. The molecule has 0 heterocycles. The van der Waals surface area contributed by atoms with E-state index in [-0.39, 0.29) is 18.7 Å². The van der Waals surface area contributed by atoms with Crippen LogP contribution in [0.4, 0.5) is 9.18 Å². The second-order valence-electron chi connectivity index (χ2n) is 8.69. The first-order valence-corrected chi connectivity index (χ1v) is 10.3. The van der Waals surface area contributed by atoms with Crippen molar-refractivity contribution in [2.45, 2.75) is 53.3 Å². The molecule has 0 aliphatic rings. The second-order valence-corrected chi connectivity index (χ2v) is 8.69. The Balaban J connectivity index is 1.98. The van der Waals surface area contributed by atoms with Gasteiger partial charge in [-0.15, -0.1) is 0 Å². The Hall–Kier alpha value is -3.09. The number of ether oxygens (including phenoxy) is 2. The summed E-state index contributed by atoms with van der Waals surface area (Å²) < 4.78 is 24.6. The summed E-state index contributed by atoms with van der Waals surface area (Å²) in [4.78, 5) is 24.5. The van der Waals surface area contributed by atoms with Crippen LogP contribution in [-0.4, -0.2) is 24.2 Å². The van der Waals surface area contributed by atoms with Crippen LogP contribution in [0.1, 0.15) is 56.1 Å². The Morgan fingerprint density at radius 1 is 1.00 bits per heavy atom. The number of benzene rings is 2. The zero-order chi connectivity index (χ0) is 23.0. The van der Waals surface area contributed by atoms with Crippen LogP contribution in [0.25, 0.3) is 0 Å². The van der Waals surface area contributed by atoms with Gasteiger partial charge in [0.2, 0.25) is 0 Å². The molecular weight excluding hydrogens is 399 g/mol. The first-order chi connectivity index (χ1) is 14.5. The Labute approximate surface area is 183 Å². The molecule has 0 bridgehead atoms. The molecule has 0 aliphatic heterocycles. The van der Waals surface area contributed by atoms with Crippen molar-refractivity contribution in [3.05, 3.63) is 65.0 Å². The fraction of sp³-hybridized carbons (Fsp3) is 0.417. The fourth-order valence-electron chi connectivity index (χ4n) is 2.64. The number of alkyl carbamates (subject to hydrolysis) is 1. The van der Waals surface area contributed by atoms with Gasteiger partial charge in [0.15, 0.2) is 0 Å². The second kappa shape index (κ2) is 10.8. The van der Waals surface area contributed by atoms with Crippen LogP contribution in [0.15, 0.2) is 42.5 Å². The molecule has 2 N–H and O–H groups in total. The van der Waals surface area contributed by atoms with Crippen molar-refractivity contribution in [3.8, 4) is 5.75 Å². The highest BCUT2D eigenvalue weighted by Crippen LogP contribution is 2.15. The van der Waals surface area contributed by atoms with Crippen LogP contribution >= 0.6 is 0 Å². The zero-order valence-electron chi connectivity index (χ0n) is 18.8. The predicted molar refractivity (Wildman–Crippen MR) is 117 cm³/mol. The largest absolute Gasteiger partial charge is 0.493 e. The average Bonchev–Trinajstić information content (AvgIpc) is 2.69. The fourth-order valence-corrected chi connectivity index (χ4v) is 2.64. The van der Waals surface area contributed by atoms with E-state index in [4.69, 9.17) is 9.47 Å². The molecule has 0 fully saturated rings. The lowest BCUT2D eigenvalue weighted by Crippen LogP contribution is -2.33. The van der Waals surface area contributed by atoms with E-state index in [0.717, 1.165) is 17.4 Å². The predicted octanol–water partition coefficient (Wildman–Crippen LogP) is 4.82. The molecule has 168 valence electrons. The van der Waals surface area contributed by atoms with Gasteiger partial charge in [-0.25, -0.2) is 9.18 Å². The van der Waals surface area contributed by atoms with Gasteiger partial charge in [0.25, 0.3) is 5.91 Å². The Bertz CT molecular complexity index is 889. The minimum Gasteiger partial charge on any atom is -0.493 e. The highest BCUT2D eigenvalue weighted by Gasteiger charge is 2.18. The van der Waals surface area contributed by atoms with Gasteiger partial charge in [0.05, 0.1) is 6.61 Å². The minimum atomic E-state index is -0.636. The number of hydrogen-bond donors (Lipinski definition) is 2. The van der Waals surface area contributed by atoms with Gasteiger partial charge in [-0.1, -0.05) is 32.0 Å². The Morgan fingerprint density at radius 3 is 2.29 bits per heavy atom. The SMILES string of the molecule is CC(C)COc1ccc(CNC(=O)c2cc(F)ccc2CNC(=O)OC(C)(C)C)cc1. The van der Waals surface area contributed by atoms with Crippen molar-refractivity contribution < 1.29 is 23.5 Å². The summed E-state index contributed by atoms with van der Waals surface area (Å²) >= 11 is 0. The van der Waals surface area contributed by atoms with E-state index in [9.17, 15) is 14.0 Å². The Kier molecular flexibility index (Phi) is 8.42. The summed E-state index contributed by atoms with van der Waals surface area (Å²) in [6.45, 7) is 10.4. The number of amides is 2. The van der Waals surface area contributed by atoms with Crippen molar-refractivity contribution in [1.82, 2.24) is 10.6 Å². The van der Waals surface area contributed by atoms with E-state index in [1.165, 1.54) is 12.1 Å². The highest BCUT2D eigenvalue weighted by atomic mass is 19.1. The first-order valence-electron chi connectivity index (χ1n) is 10.3. The van der Waals surface area contributed by atoms with E-state index in [2.05, 4.69) is 24.5 Å². The average molecular weight is 431 g/mol. The van der Waals surface area contributed by atoms with Crippen LogP contribution < -0.4 is 15.4 Å². The molecule has 0 saturated heterocycles. The third kappa shape index (κ3) is 8.66. The maximum Gasteiger partial charge on any atom is 0.407 e. The van der Waals surface area contributed by atoms with Gasteiger partial charge in [0, 0.05) is 18.7 Å². The number of halogens is 1. The lowest BCUT2D eigenvalue weighted by molar-refractivity contribution is 0.0522. The molecule has 0 aromatic heterocycles. The zero-order valence-corrected chi connectivity index (χ0v) is 18.8. The third-order valence-electron chi connectivity index (χ3n) is 4.10. The summed E-state index contributed by atoms with van der Waals surface area (Å²) in [5.41, 5.74) is 0.896. The van der Waals surface area contributed by atoms with Crippen molar-refractivity contribution in [1.29, 1.82) is 0 Å². The summed E-state index contributed by atoms with van der Waals surface area (Å²) in [6, 6.07) is 11.3. The molecule has 7 heteroatoms. The highest BCUT2D eigenvalue weighted by molar-refractivity contribution is 5.95. The van der Waals surface area contributed by atoms with Crippen LogP contribution in [0, 0.1) is 11.7 Å². The van der Waals surface area contributed by atoms with Gasteiger partial charge in [-0.05, 0) is 62.1 Å². The van der Waals surface area contributed by atoms with Crippen LogP contribution in [0.3, 0.4) is 0 Å². The molecule has 0 aliphatic carbocycles. The molecule has 2 aromatic rings. The lowest BCUT2D eigenvalue weighted by Gasteiger charge is -2.20. The summed E-state index contributed by atoms with van der Waals surface area (Å²) in [5.74, 6) is 0.243. The quantitative estimate of drug-likeness (QED) is 0.630. The number of hydrogen-bond acceptors (Lipinski definition) is 4. The Morgan fingerprint density at radius 2 is 1.68 bits per heavy atom. The molecule has 0 radical (unpaired) electrons. The topological polar surface area (TPSA) is 76.7 Å². The van der Waals surface area contributed by atoms with Crippen molar-refractivity contribution in [3.63, 3.8) is 0 Å². The molecule has 2 aromatic carbocycles. The van der Waals surface area contributed by atoms with Crippen LogP contribution in [-0.2, 0) is 17.8 Å². The van der Waals surface area contributed by atoms with E-state index in [0.29, 0.717) is 18.1 Å². The smallest absolute Gasteiger partial charge is 0.407 e. The number of rotatable bonds is 8. The minimum absolute atomic E-state index is 0.0415. The third-order valence-corrected chi connectivity index (χ3v) is 4.10. The maximum absolute atomic E-state index is 13.8. The van der Waals surface area contributed by atoms with Crippen molar-refractivity contribution in [2.75, 3.05) is 6.61 Å². The standard InChI is InChI=1S/C24H31FN2O4/c1-16(2)15-30-20-10-6-17(7-11-20)13-26-22(28)21-12-19(25)9-8-18(21)14-27-23(29)31-24(3,4)5/h6-12,16H,13-15H2,1-5H3,(H,26,28)(H,27,29). The van der Waals surface area contributed by atoms with Gasteiger partial charge in [0.1, 0.15) is 17.2 Å². The molecular formula is C24H31FN2O4. The lowest BCUT2D eigenvalue weighted by atomic mass is 10.1. The number of carbonyl (C=O) groups is 2. The van der Waals surface area contributed by atoms with Gasteiger partial charge < -0.3 is 20.1 Å².